The van der Waals surface area contributed by atoms with Crippen LogP contribution in [-0.2, 0) is 0 Å². The number of rotatable bonds is 1. The van der Waals surface area contributed by atoms with Crippen LogP contribution in [0.25, 0.3) is 0 Å². The van der Waals surface area contributed by atoms with Gasteiger partial charge in [0.1, 0.15) is 0 Å². The lowest BCUT2D eigenvalue weighted by Gasteiger charge is -2.17. The molecule has 64 valence electrons. The van der Waals surface area contributed by atoms with Gasteiger partial charge in [0.2, 0.25) is 0 Å². The summed E-state index contributed by atoms with van der Waals surface area (Å²) in [6, 6.07) is 7.74. The molecule has 0 aliphatic heterocycles. The first-order valence-electron chi connectivity index (χ1n) is 3.46. The molecule has 0 aliphatic carbocycles. The van der Waals surface area contributed by atoms with E-state index < -0.39 is 0 Å². The Bertz CT molecular complexity index is 299. The molecule has 0 aliphatic rings. The number of thiol groups is 1. The molecule has 0 bridgehead atoms. The number of benzene rings is 1. The summed E-state index contributed by atoms with van der Waals surface area (Å²) < 4.78 is 0.365. The molecule has 0 amide bonds. The minimum Gasteiger partial charge on any atom is -0.263 e. The monoisotopic (exact) mass is 198 g/mol. The summed E-state index contributed by atoms with van der Waals surface area (Å²) in [6.07, 6.45) is 0. The van der Waals surface area contributed by atoms with E-state index in [1.165, 1.54) is 5.01 Å². The summed E-state index contributed by atoms with van der Waals surface area (Å²) in [5, 5.41) is 1.38. The molecule has 1 aromatic carbocycles. The minimum absolute atomic E-state index is 0.365. The molecule has 0 spiro atoms. The molecule has 2 N–H and O–H groups in total. The van der Waals surface area contributed by atoms with Crippen LogP contribution in [0.1, 0.15) is 5.56 Å². The first-order valence-corrected chi connectivity index (χ1v) is 4.32. The summed E-state index contributed by atoms with van der Waals surface area (Å²) in [5.41, 5.74) is 1.97. The quantitative estimate of drug-likeness (QED) is 0.312. The van der Waals surface area contributed by atoms with Crippen LogP contribution >= 0.6 is 24.8 Å². The fourth-order valence-electron chi connectivity index (χ4n) is 0.937. The van der Waals surface area contributed by atoms with Gasteiger partial charge in [-0.05, 0) is 18.6 Å². The molecule has 0 radical (unpaired) electrons. The average molecular weight is 198 g/mol. The normalized spacial score (nSPS) is 9.58. The fourth-order valence-corrected chi connectivity index (χ4v) is 1.14. The second-order valence-corrected chi connectivity index (χ2v) is 3.55. The molecule has 0 aromatic heterocycles. The number of nitrogens with two attached hydrogens (primary N) is 1. The lowest BCUT2D eigenvalue weighted by molar-refractivity contribution is 1.15. The Labute approximate surface area is 82.7 Å². The summed E-state index contributed by atoms with van der Waals surface area (Å²) >= 11 is 8.81. The third-order valence-electron chi connectivity index (χ3n) is 1.58. The van der Waals surface area contributed by atoms with Crippen LogP contribution in [-0.4, -0.2) is 4.32 Å². The lowest BCUT2D eigenvalue weighted by atomic mass is 10.2. The minimum atomic E-state index is 0.365. The number of nitrogens with zero attached hydrogens (tertiary/aromatic N) is 1. The summed E-state index contributed by atoms with van der Waals surface area (Å²) in [6.45, 7) is 1.97. The van der Waals surface area contributed by atoms with Crippen molar-refractivity contribution in [2.45, 2.75) is 6.92 Å². The maximum Gasteiger partial charge on any atom is 0.152 e. The van der Waals surface area contributed by atoms with Gasteiger partial charge in [0, 0.05) is 0 Å². The highest BCUT2D eigenvalue weighted by Crippen LogP contribution is 2.17. The van der Waals surface area contributed by atoms with Crippen molar-refractivity contribution in [3.63, 3.8) is 0 Å². The number of hydrogen-bond acceptors (Lipinski definition) is 2. The van der Waals surface area contributed by atoms with Crippen molar-refractivity contribution in [1.82, 2.24) is 0 Å². The maximum absolute atomic E-state index is 5.65. The van der Waals surface area contributed by atoms with Crippen molar-refractivity contribution in [1.29, 1.82) is 0 Å². The van der Waals surface area contributed by atoms with Crippen molar-refractivity contribution in [2.75, 3.05) is 5.01 Å². The number of anilines is 1. The molecule has 2 nitrogen and oxygen atoms in total. The van der Waals surface area contributed by atoms with Gasteiger partial charge in [-0.1, -0.05) is 30.4 Å². The van der Waals surface area contributed by atoms with Gasteiger partial charge < -0.3 is 0 Å². The zero-order valence-corrected chi connectivity index (χ0v) is 8.40. The van der Waals surface area contributed by atoms with E-state index in [1.807, 2.05) is 31.2 Å². The van der Waals surface area contributed by atoms with E-state index in [0.29, 0.717) is 4.32 Å². The molecule has 12 heavy (non-hydrogen) atoms. The van der Waals surface area contributed by atoms with Gasteiger partial charge in [-0.2, -0.15) is 0 Å². The van der Waals surface area contributed by atoms with E-state index in [9.17, 15) is 0 Å². The number of hydrogen-bond donors (Lipinski definition) is 2. The van der Waals surface area contributed by atoms with Gasteiger partial charge in [-0.3, -0.25) is 5.01 Å². The van der Waals surface area contributed by atoms with E-state index in [2.05, 4.69) is 12.6 Å². The number of hydrazine groups is 1. The molecule has 0 fully saturated rings. The highest BCUT2D eigenvalue weighted by molar-refractivity contribution is 8.11. The lowest BCUT2D eigenvalue weighted by Crippen LogP contribution is -2.33. The van der Waals surface area contributed by atoms with Crippen molar-refractivity contribution in [3.05, 3.63) is 29.8 Å². The standard InChI is InChI=1S/C8H10N2S2/c1-6-4-2-3-5-7(6)10(9)8(11)12/h2-5H,9H2,1H3,(H,11,12). The van der Waals surface area contributed by atoms with Crippen LogP contribution < -0.4 is 10.9 Å². The zero-order chi connectivity index (χ0) is 9.14. The first kappa shape index (κ1) is 9.51. The molecule has 0 saturated heterocycles. The maximum atomic E-state index is 5.65. The predicted molar refractivity (Wildman–Crippen MR) is 59.4 cm³/mol. The smallest absolute Gasteiger partial charge is 0.152 e. The summed E-state index contributed by atoms with van der Waals surface area (Å²) in [4.78, 5) is 0. The van der Waals surface area contributed by atoms with Crippen molar-refractivity contribution in [2.24, 2.45) is 5.84 Å². The van der Waals surface area contributed by atoms with Crippen molar-refractivity contribution < 1.29 is 0 Å². The third kappa shape index (κ3) is 1.97. The van der Waals surface area contributed by atoms with Crippen LogP contribution in [0.5, 0.6) is 0 Å². The summed E-state index contributed by atoms with van der Waals surface area (Å²) in [5.74, 6) is 5.65. The zero-order valence-electron chi connectivity index (χ0n) is 6.69. The third-order valence-corrected chi connectivity index (χ3v) is 1.99. The molecule has 0 atom stereocenters. The predicted octanol–water partition coefficient (Wildman–Crippen LogP) is 1.89. The molecule has 4 heteroatoms. The van der Waals surface area contributed by atoms with Gasteiger partial charge in [-0.15, -0.1) is 12.6 Å². The first-order chi connectivity index (χ1) is 5.63. The second-order valence-electron chi connectivity index (χ2n) is 2.44. The van der Waals surface area contributed by atoms with E-state index in [0.717, 1.165) is 11.3 Å². The Balaban J connectivity index is 3.02. The molecule has 0 saturated carbocycles. The Morgan fingerprint density at radius 3 is 2.58 bits per heavy atom. The van der Waals surface area contributed by atoms with E-state index in [-0.39, 0.29) is 0 Å². The molecular weight excluding hydrogens is 188 g/mol. The van der Waals surface area contributed by atoms with Crippen LogP contribution in [0.2, 0.25) is 0 Å². The van der Waals surface area contributed by atoms with Gasteiger partial charge in [-0.25, -0.2) is 5.84 Å². The van der Waals surface area contributed by atoms with Gasteiger partial charge in [0.25, 0.3) is 0 Å². The topological polar surface area (TPSA) is 29.3 Å². The molecular formula is C8H10N2S2. The van der Waals surface area contributed by atoms with Crippen LogP contribution in [0, 0.1) is 6.92 Å². The Morgan fingerprint density at radius 1 is 1.50 bits per heavy atom. The Hall–Kier alpha value is -0.580. The molecule has 1 aromatic rings. The van der Waals surface area contributed by atoms with Gasteiger partial charge >= 0.3 is 0 Å². The van der Waals surface area contributed by atoms with E-state index >= 15 is 0 Å². The van der Waals surface area contributed by atoms with Crippen molar-refractivity contribution in [3.8, 4) is 0 Å². The SMILES string of the molecule is Cc1ccccc1N(N)C(=S)S. The van der Waals surface area contributed by atoms with Crippen LogP contribution in [0.3, 0.4) is 0 Å². The van der Waals surface area contributed by atoms with Crippen molar-refractivity contribution >= 4 is 34.9 Å². The number of para-hydroxylation sites is 1. The summed E-state index contributed by atoms with van der Waals surface area (Å²) in [7, 11) is 0. The van der Waals surface area contributed by atoms with Crippen LogP contribution in [0.15, 0.2) is 24.3 Å². The van der Waals surface area contributed by atoms with Crippen LogP contribution in [0.4, 0.5) is 5.69 Å². The Kier molecular flexibility index (Phi) is 3.08. The van der Waals surface area contributed by atoms with Gasteiger partial charge in [0.05, 0.1) is 5.69 Å². The molecule has 0 unspecified atom stereocenters. The number of thiocarbonyl (C=S) groups is 1. The average Bonchev–Trinajstić information content (AvgIpc) is 2.04. The second kappa shape index (κ2) is 3.89. The highest BCUT2D eigenvalue weighted by Gasteiger charge is 2.05. The van der Waals surface area contributed by atoms with E-state index in [1.54, 1.807) is 0 Å². The molecule has 1 rings (SSSR count). The largest absolute Gasteiger partial charge is 0.263 e. The highest BCUT2D eigenvalue weighted by atomic mass is 32.1. The number of aryl methyl sites for hydroxylation is 1. The fraction of sp³-hybridized carbons (Fsp3) is 0.125. The van der Waals surface area contributed by atoms with Gasteiger partial charge in [0.15, 0.2) is 4.32 Å². The Morgan fingerprint density at radius 2 is 2.08 bits per heavy atom. The molecule has 0 heterocycles. The van der Waals surface area contributed by atoms with E-state index in [4.69, 9.17) is 18.1 Å².